The molecule has 0 bridgehead atoms. The van der Waals surface area contributed by atoms with Gasteiger partial charge in [-0.2, -0.15) is 0 Å². The summed E-state index contributed by atoms with van der Waals surface area (Å²) in [5, 5.41) is 14.9. The van der Waals surface area contributed by atoms with Gasteiger partial charge in [0.25, 0.3) is 0 Å². The fraction of sp³-hybridized carbons (Fsp3) is 0.706. The first-order chi connectivity index (χ1) is 10.9. The molecule has 1 unspecified atom stereocenters. The van der Waals surface area contributed by atoms with E-state index in [0.29, 0.717) is 19.1 Å². The van der Waals surface area contributed by atoms with Crippen LogP contribution in [0.4, 0.5) is 0 Å². The summed E-state index contributed by atoms with van der Waals surface area (Å²) in [6.45, 7) is 13.6. The monoisotopic (exact) mass is 320 g/mol. The Hall–Kier alpha value is -1.85. The van der Waals surface area contributed by atoms with Crippen LogP contribution in [0.2, 0.25) is 0 Å². The third-order valence-corrected chi connectivity index (χ3v) is 3.78. The first-order valence-corrected chi connectivity index (χ1v) is 8.44. The highest BCUT2D eigenvalue weighted by Crippen LogP contribution is 2.08. The highest BCUT2D eigenvalue weighted by molar-refractivity contribution is 5.80. The van der Waals surface area contributed by atoms with Crippen molar-refractivity contribution in [1.82, 2.24) is 25.4 Å². The molecule has 0 aliphatic rings. The second-order valence-corrected chi connectivity index (χ2v) is 6.43. The molecule has 0 fully saturated rings. The fourth-order valence-corrected chi connectivity index (χ4v) is 2.20. The van der Waals surface area contributed by atoms with Gasteiger partial charge in [0.1, 0.15) is 12.4 Å². The van der Waals surface area contributed by atoms with Crippen molar-refractivity contribution >= 4 is 5.96 Å². The molecule has 0 aromatic carbocycles. The molecular weight excluding hydrogens is 288 g/mol. The van der Waals surface area contributed by atoms with Gasteiger partial charge in [0.05, 0.1) is 0 Å². The Morgan fingerprint density at radius 3 is 2.61 bits per heavy atom. The fourth-order valence-electron chi connectivity index (χ4n) is 2.20. The van der Waals surface area contributed by atoms with Crippen molar-refractivity contribution in [2.75, 3.05) is 6.54 Å². The van der Waals surface area contributed by atoms with E-state index in [-0.39, 0.29) is 0 Å². The summed E-state index contributed by atoms with van der Waals surface area (Å²) >= 11 is 0. The van der Waals surface area contributed by atoms with Crippen LogP contribution in [0, 0.1) is 12.8 Å². The molecule has 0 radical (unpaired) electrons. The Bertz CT molecular complexity index is 503. The van der Waals surface area contributed by atoms with Crippen LogP contribution in [-0.2, 0) is 13.6 Å². The van der Waals surface area contributed by atoms with Crippen molar-refractivity contribution in [3.63, 3.8) is 0 Å². The van der Waals surface area contributed by atoms with Crippen molar-refractivity contribution < 1.29 is 0 Å². The molecule has 0 amide bonds. The Morgan fingerprint density at radius 2 is 2.04 bits per heavy atom. The third-order valence-electron chi connectivity index (χ3n) is 3.78. The van der Waals surface area contributed by atoms with Gasteiger partial charge in [0.2, 0.25) is 0 Å². The van der Waals surface area contributed by atoms with E-state index < -0.39 is 0 Å². The summed E-state index contributed by atoms with van der Waals surface area (Å²) in [7, 11) is 1.96. The van der Waals surface area contributed by atoms with E-state index in [4.69, 9.17) is 0 Å². The lowest BCUT2D eigenvalue weighted by molar-refractivity contribution is 0.491. The molecule has 6 nitrogen and oxygen atoms in total. The van der Waals surface area contributed by atoms with Gasteiger partial charge in [-0.3, -0.25) is 0 Å². The Labute approximate surface area is 140 Å². The summed E-state index contributed by atoms with van der Waals surface area (Å²) in [6.07, 6.45) is 5.45. The molecule has 1 aromatic rings. The number of aliphatic imine (C=N–C) groups is 1. The number of nitrogens with one attached hydrogen (secondary N) is 2. The molecule has 1 heterocycles. The van der Waals surface area contributed by atoms with Crippen molar-refractivity contribution in [2.45, 2.75) is 59.5 Å². The van der Waals surface area contributed by atoms with Gasteiger partial charge < -0.3 is 15.2 Å². The summed E-state index contributed by atoms with van der Waals surface area (Å²) in [5.41, 5.74) is 0. The smallest absolute Gasteiger partial charge is 0.192 e. The van der Waals surface area contributed by atoms with Crippen LogP contribution in [0.1, 0.15) is 51.7 Å². The predicted molar refractivity (Wildman–Crippen MR) is 96.4 cm³/mol. The molecule has 6 heteroatoms. The maximum atomic E-state index is 4.61. The highest BCUT2D eigenvalue weighted by Gasteiger charge is 2.08. The maximum absolute atomic E-state index is 4.61. The molecule has 23 heavy (non-hydrogen) atoms. The number of rotatable bonds is 9. The standard InChI is InChI=1S/C17H32N6/c1-7-11-18-17(20-14(4)10-8-9-13(2)3)19-12-16-22-21-15(5)23(16)6/h7,13-14H,1,8-12H2,2-6H3,(H2,18,19,20). The molecule has 0 saturated carbocycles. The van der Waals surface area contributed by atoms with Gasteiger partial charge in [-0.25, -0.2) is 4.99 Å². The molecule has 1 rings (SSSR count). The van der Waals surface area contributed by atoms with Gasteiger partial charge >= 0.3 is 0 Å². The zero-order chi connectivity index (χ0) is 17.2. The lowest BCUT2D eigenvalue weighted by Crippen LogP contribution is -2.42. The predicted octanol–water partition coefficient (Wildman–Crippen LogP) is 2.56. The highest BCUT2D eigenvalue weighted by atomic mass is 15.3. The average Bonchev–Trinajstić information content (AvgIpc) is 2.81. The number of aromatic nitrogens is 3. The second-order valence-electron chi connectivity index (χ2n) is 6.43. The number of hydrogen-bond donors (Lipinski definition) is 2. The van der Waals surface area contributed by atoms with Gasteiger partial charge in [-0.1, -0.05) is 32.8 Å². The van der Waals surface area contributed by atoms with E-state index in [1.807, 2.05) is 24.6 Å². The molecule has 2 N–H and O–H groups in total. The zero-order valence-electron chi connectivity index (χ0n) is 15.3. The molecule has 1 atom stereocenters. The first kappa shape index (κ1) is 19.2. The summed E-state index contributed by atoms with van der Waals surface area (Å²) in [4.78, 5) is 4.61. The molecule has 1 aromatic heterocycles. The number of guanidine groups is 1. The quantitative estimate of drug-likeness (QED) is 0.417. The lowest BCUT2D eigenvalue weighted by Gasteiger charge is -2.18. The van der Waals surface area contributed by atoms with Gasteiger partial charge in [-0.05, 0) is 26.2 Å². The minimum absolute atomic E-state index is 0.381. The van der Waals surface area contributed by atoms with Crippen molar-refractivity contribution in [3.05, 3.63) is 24.3 Å². The van der Waals surface area contributed by atoms with Crippen molar-refractivity contribution in [3.8, 4) is 0 Å². The van der Waals surface area contributed by atoms with Crippen LogP contribution < -0.4 is 10.6 Å². The molecular formula is C17H32N6. The van der Waals surface area contributed by atoms with Crippen LogP contribution in [0.25, 0.3) is 0 Å². The number of aryl methyl sites for hydroxylation is 1. The Balaban J connectivity index is 2.58. The van der Waals surface area contributed by atoms with Crippen LogP contribution in [0.3, 0.4) is 0 Å². The second kappa shape index (κ2) is 10.0. The normalized spacial score (nSPS) is 13.2. The van der Waals surface area contributed by atoms with E-state index in [1.54, 1.807) is 0 Å². The van der Waals surface area contributed by atoms with Gasteiger partial charge in [-0.15, -0.1) is 16.8 Å². The van der Waals surface area contributed by atoms with Crippen LogP contribution in [-0.4, -0.2) is 33.3 Å². The van der Waals surface area contributed by atoms with Gasteiger partial charge in [0, 0.05) is 19.6 Å². The molecule has 0 saturated heterocycles. The number of nitrogens with zero attached hydrogens (tertiary/aromatic N) is 4. The van der Waals surface area contributed by atoms with E-state index in [1.165, 1.54) is 12.8 Å². The number of hydrogen-bond acceptors (Lipinski definition) is 3. The van der Waals surface area contributed by atoms with Crippen LogP contribution in [0.5, 0.6) is 0 Å². The third kappa shape index (κ3) is 7.30. The molecule has 0 aliphatic carbocycles. The van der Waals surface area contributed by atoms with E-state index in [2.05, 4.69) is 53.2 Å². The van der Waals surface area contributed by atoms with Gasteiger partial charge in [0.15, 0.2) is 11.8 Å². The van der Waals surface area contributed by atoms with Crippen LogP contribution >= 0.6 is 0 Å². The van der Waals surface area contributed by atoms with Crippen molar-refractivity contribution in [1.29, 1.82) is 0 Å². The Morgan fingerprint density at radius 1 is 1.30 bits per heavy atom. The lowest BCUT2D eigenvalue weighted by atomic mass is 10.0. The molecule has 0 spiro atoms. The minimum atomic E-state index is 0.381. The molecule has 130 valence electrons. The van der Waals surface area contributed by atoms with Crippen LogP contribution in [0.15, 0.2) is 17.6 Å². The average molecular weight is 320 g/mol. The summed E-state index contributed by atoms with van der Waals surface area (Å²) in [6, 6.07) is 0.381. The topological polar surface area (TPSA) is 67.1 Å². The first-order valence-electron chi connectivity index (χ1n) is 8.44. The Kier molecular flexibility index (Phi) is 8.37. The summed E-state index contributed by atoms with van der Waals surface area (Å²) in [5.74, 6) is 3.30. The molecule has 0 aliphatic heterocycles. The largest absolute Gasteiger partial charge is 0.354 e. The minimum Gasteiger partial charge on any atom is -0.354 e. The van der Waals surface area contributed by atoms with E-state index in [0.717, 1.165) is 29.9 Å². The van der Waals surface area contributed by atoms with E-state index >= 15 is 0 Å². The SMILES string of the molecule is C=CCNC(=NCc1nnc(C)n1C)NC(C)CCCC(C)C. The zero-order valence-corrected chi connectivity index (χ0v) is 15.3. The maximum Gasteiger partial charge on any atom is 0.192 e. The van der Waals surface area contributed by atoms with Crippen molar-refractivity contribution in [2.24, 2.45) is 18.0 Å². The summed E-state index contributed by atoms with van der Waals surface area (Å²) < 4.78 is 1.96. The van der Waals surface area contributed by atoms with E-state index in [9.17, 15) is 0 Å².